The summed E-state index contributed by atoms with van der Waals surface area (Å²) in [6.45, 7) is 4.83. The van der Waals surface area contributed by atoms with Crippen molar-refractivity contribution in [1.82, 2.24) is 9.80 Å². The van der Waals surface area contributed by atoms with Gasteiger partial charge in [-0.15, -0.1) is 24.8 Å². The molecule has 0 radical (unpaired) electrons. The Balaban J connectivity index is 0.00000417. The minimum absolute atomic E-state index is 0. The highest BCUT2D eigenvalue weighted by Crippen LogP contribution is 2.31. The Labute approximate surface area is 301 Å². The van der Waals surface area contributed by atoms with E-state index in [4.69, 9.17) is 19.9 Å². The molecule has 0 aliphatic carbocycles. The Kier molecular flexibility index (Phi) is 17.8. The highest BCUT2D eigenvalue weighted by Gasteiger charge is 2.21. The number of hydrogen-bond donors (Lipinski definition) is 2. The van der Waals surface area contributed by atoms with Gasteiger partial charge in [0.05, 0.1) is 37.3 Å². The summed E-state index contributed by atoms with van der Waals surface area (Å²) in [6, 6.07) is 19.3. The number of carbonyl (C=O) groups is 3. The first kappa shape index (κ1) is 41.1. The molecular formula is C36H49Cl2N5O6. The van der Waals surface area contributed by atoms with Gasteiger partial charge in [-0.1, -0.05) is 24.3 Å². The number of hydrogen-bond acceptors (Lipinski definition) is 8. The Morgan fingerprint density at radius 1 is 0.816 bits per heavy atom. The number of halogens is 2. The number of carbonyl (C=O) groups excluding carboxylic acids is 3. The van der Waals surface area contributed by atoms with Gasteiger partial charge in [0.25, 0.3) is 11.8 Å². The van der Waals surface area contributed by atoms with Gasteiger partial charge < -0.3 is 40.0 Å². The highest BCUT2D eigenvalue weighted by molar-refractivity contribution is 6.09. The second-order valence-corrected chi connectivity index (χ2v) is 11.5. The highest BCUT2D eigenvalue weighted by atomic mass is 35.5. The number of nitrogens with two attached hydrogens (primary N) is 1. The van der Waals surface area contributed by atoms with Crippen LogP contribution < -0.4 is 30.2 Å². The van der Waals surface area contributed by atoms with Crippen LogP contribution in [-0.2, 0) is 4.79 Å². The molecule has 0 bridgehead atoms. The molecule has 3 aromatic rings. The van der Waals surface area contributed by atoms with E-state index in [1.54, 1.807) is 49.5 Å². The molecule has 0 saturated carbocycles. The van der Waals surface area contributed by atoms with Gasteiger partial charge in [0.1, 0.15) is 17.2 Å². The summed E-state index contributed by atoms with van der Waals surface area (Å²) in [4.78, 5) is 45.0. The summed E-state index contributed by atoms with van der Waals surface area (Å²) < 4.78 is 17.4. The molecule has 1 heterocycles. The first-order chi connectivity index (χ1) is 22.8. The number of rotatable bonds is 16. The van der Waals surface area contributed by atoms with Crippen molar-refractivity contribution in [3.8, 4) is 17.2 Å². The predicted molar refractivity (Wildman–Crippen MR) is 198 cm³/mol. The first-order valence-electron chi connectivity index (χ1n) is 16.2. The fourth-order valence-electron chi connectivity index (χ4n) is 5.27. The molecule has 49 heavy (non-hydrogen) atoms. The van der Waals surface area contributed by atoms with Crippen molar-refractivity contribution in [2.45, 2.75) is 32.1 Å². The number of para-hydroxylation sites is 3. The number of unbranched alkanes of at least 4 members (excludes halogenated alkanes) is 2. The van der Waals surface area contributed by atoms with Crippen LogP contribution in [0.5, 0.6) is 17.2 Å². The average molecular weight is 719 g/mol. The first-order valence-corrected chi connectivity index (χ1v) is 16.2. The number of nitrogens with zero attached hydrogens (tertiary/aromatic N) is 3. The molecule has 3 N–H and O–H groups in total. The third-order valence-corrected chi connectivity index (χ3v) is 8.11. The van der Waals surface area contributed by atoms with Gasteiger partial charge in [-0.25, -0.2) is 0 Å². The molecule has 1 saturated heterocycles. The molecule has 1 aliphatic rings. The Morgan fingerprint density at radius 2 is 1.47 bits per heavy atom. The summed E-state index contributed by atoms with van der Waals surface area (Å²) in [5.41, 5.74) is 7.37. The predicted octanol–water partition coefficient (Wildman–Crippen LogP) is 5.51. The van der Waals surface area contributed by atoms with Crippen LogP contribution in [0.1, 0.15) is 52.8 Å². The SMILES string of the molecule is COc1cc(C(=O)N(C)c2ccccc2OCCCCCC(=O)N2CCN(C)CC2)ccc1NC(=O)c1ccccc1OCCCN.Cl.Cl. The molecule has 3 aromatic carbocycles. The smallest absolute Gasteiger partial charge is 0.259 e. The number of piperazine rings is 1. The minimum atomic E-state index is -0.365. The number of benzene rings is 3. The molecule has 1 fully saturated rings. The Morgan fingerprint density at radius 3 is 2.18 bits per heavy atom. The lowest BCUT2D eigenvalue weighted by molar-refractivity contribution is -0.132. The molecule has 0 aromatic heterocycles. The second-order valence-electron chi connectivity index (χ2n) is 11.5. The molecule has 4 rings (SSSR count). The fourth-order valence-corrected chi connectivity index (χ4v) is 5.27. The zero-order valence-electron chi connectivity index (χ0n) is 28.5. The second kappa shape index (κ2) is 21.1. The van der Waals surface area contributed by atoms with Gasteiger partial charge in [-0.2, -0.15) is 0 Å². The fraction of sp³-hybridized carbons (Fsp3) is 0.417. The largest absolute Gasteiger partial charge is 0.495 e. The lowest BCUT2D eigenvalue weighted by Crippen LogP contribution is -2.47. The van der Waals surface area contributed by atoms with Gasteiger partial charge in [0.2, 0.25) is 5.91 Å². The molecule has 11 nitrogen and oxygen atoms in total. The molecule has 0 spiro atoms. The maximum Gasteiger partial charge on any atom is 0.259 e. The number of likely N-dealkylation sites (N-methyl/N-ethyl adjacent to an activating group) is 1. The quantitative estimate of drug-likeness (QED) is 0.186. The van der Waals surface area contributed by atoms with E-state index in [0.29, 0.717) is 72.4 Å². The van der Waals surface area contributed by atoms with Crippen molar-refractivity contribution in [3.05, 3.63) is 77.9 Å². The van der Waals surface area contributed by atoms with Crippen LogP contribution in [0.25, 0.3) is 0 Å². The van der Waals surface area contributed by atoms with E-state index in [1.807, 2.05) is 29.2 Å². The van der Waals surface area contributed by atoms with Gasteiger partial charge in [-0.05, 0) is 81.7 Å². The Hall–Kier alpha value is -4.03. The van der Waals surface area contributed by atoms with E-state index in [9.17, 15) is 14.4 Å². The molecule has 1 aliphatic heterocycles. The monoisotopic (exact) mass is 717 g/mol. The number of amides is 3. The number of ether oxygens (including phenoxy) is 3. The van der Waals surface area contributed by atoms with Crippen LogP contribution in [0.4, 0.5) is 11.4 Å². The van der Waals surface area contributed by atoms with Crippen molar-refractivity contribution < 1.29 is 28.6 Å². The Bertz CT molecular complexity index is 1500. The van der Waals surface area contributed by atoms with E-state index in [0.717, 1.165) is 45.4 Å². The van der Waals surface area contributed by atoms with Gasteiger partial charge >= 0.3 is 0 Å². The maximum absolute atomic E-state index is 13.6. The molecule has 13 heteroatoms. The lowest BCUT2D eigenvalue weighted by atomic mass is 10.1. The summed E-state index contributed by atoms with van der Waals surface area (Å²) >= 11 is 0. The number of nitrogens with one attached hydrogen (secondary N) is 1. The van der Waals surface area contributed by atoms with Crippen molar-refractivity contribution in [2.24, 2.45) is 5.73 Å². The minimum Gasteiger partial charge on any atom is -0.495 e. The zero-order chi connectivity index (χ0) is 33.6. The molecule has 3 amide bonds. The maximum atomic E-state index is 13.6. The van der Waals surface area contributed by atoms with Crippen molar-refractivity contribution in [3.63, 3.8) is 0 Å². The average Bonchev–Trinajstić information content (AvgIpc) is 3.10. The van der Waals surface area contributed by atoms with Crippen molar-refractivity contribution >= 4 is 53.9 Å². The summed E-state index contributed by atoms with van der Waals surface area (Å²) in [6.07, 6.45) is 3.73. The van der Waals surface area contributed by atoms with Gasteiger partial charge in [0, 0.05) is 45.2 Å². The summed E-state index contributed by atoms with van der Waals surface area (Å²) in [7, 11) is 5.26. The van der Waals surface area contributed by atoms with Crippen LogP contribution in [0.2, 0.25) is 0 Å². The third-order valence-electron chi connectivity index (χ3n) is 8.11. The van der Waals surface area contributed by atoms with Gasteiger partial charge in [0.15, 0.2) is 0 Å². The zero-order valence-corrected chi connectivity index (χ0v) is 30.2. The van der Waals surface area contributed by atoms with E-state index >= 15 is 0 Å². The van der Waals surface area contributed by atoms with Crippen LogP contribution in [-0.4, -0.2) is 94.7 Å². The summed E-state index contributed by atoms with van der Waals surface area (Å²) in [5.74, 6) is 0.997. The van der Waals surface area contributed by atoms with Crippen molar-refractivity contribution in [2.75, 3.05) is 77.4 Å². The third kappa shape index (κ3) is 11.8. The van der Waals surface area contributed by atoms with E-state index < -0.39 is 0 Å². The number of anilines is 2. The molecule has 0 atom stereocenters. The van der Waals surface area contributed by atoms with E-state index in [2.05, 4.69) is 17.3 Å². The van der Waals surface area contributed by atoms with E-state index in [-0.39, 0.29) is 42.5 Å². The van der Waals surface area contributed by atoms with E-state index in [1.165, 1.54) is 12.0 Å². The normalized spacial score (nSPS) is 12.6. The standard InChI is InChI=1S/C36H47N5O6.2ClH/c1-39-20-22-41(23-21-39)34(42)16-5-4-10-24-47-32-15-9-7-13-30(32)40(2)36(44)27-17-18-29(33(26-27)45-3)38-35(43)28-12-6-8-14-31(28)46-25-11-19-37;;/h6-9,12-15,17-18,26H,4-5,10-11,16,19-25,37H2,1-3H3,(H,38,43);2*1H. The van der Waals surface area contributed by atoms with Gasteiger partial charge in [-0.3, -0.25) is 14.4 Å². The number of methoxy groups -OCH3 is 1. The molecular weight excluding hydrogens is 669 g/mol. The topological polar surface area (TPSA) is 127 Å². The van der Waals surface area contributed by atoms with Crippen LogP contribution in [0.3, 0.4) is 0 Å². The van der Waals surface area contributed by atoms with Crippen LogP contribution >= 0.6 is 24.8 Å². The lowest BCUT2D eigenvalue weighted by Gasteiger charge is -2.32. The van der Waals surface area contributed by atoms with Crippen LogP contribution in [0, 0.1) is 0 Å². The van der Waals surface area contributed by atoms with Crippen molar-refractivity contribution in [1.29, 1.82) is 0 Å². The molecule has 0 unspecified atom stereocenters. The summed E-state index contributed by atoms with van der Waals surface area (Å²) in [5, 5.41) is 2.87. The van der Waals surface area contributed by atoms with Crippen LogP contribution in [0.15, 0.2) is 66.7 Å². The molecule has 268 valence electrons.